The van der Waals surface area contributed by atoms with Gasteiger partial charge in [-0.2, -0.15) is 0 Å². The Hall–Kier alpha value is -0.370. The number of hydrogen-bond acceptors (Lipinski definition) is 2. The normalized spacial score (nSPS) is 57.0. The van der Waals surface area contributed by atoms with E-state index in [1.165, 1.54) is 38.5 Å². The molecule has 0 bridgehead atoms. The van der Waals surface area contributed by atoms with E-state index >= 15 is 0 Å². The topological polar surface area (TPSA) is 37.3 Å². The number of carbonyl (C=O) groups is 1. The third-order valence-electron chi connectivity index (χ3n) is 9.44. The molecule has 0 amide bonds. The summed E-state index contributed by atoms with van der Waals surface area (Å²) in [5, 5.41) is 10.6. The Morgan fingerprint density at radius 2 is 1.58 bits per heavy atom. The van der Waals surface area contributed by atoms with Crippen molar-refractivity contribution in [3.63, 3.8) is 0 Å². The predicted molar refractivity (Wildman–Crippen MR) is 96.5 cm³/mol. The van der Waals surface area contributed by atoms with Gasteiger partial charge in [0.05, 0.1) is 5.60 Å². The van der Waals surface area contributed by atoms with Gasteiger partial charge in [-0.25, -0.2) is 0 Å². The summed E-state index contributed by atoms with van der Waals surface area (Å²) in [4.78, 5) is 12.2. The van der Waals surface area contributed by atoms with Crippen molar-refractivity contribution in [3.8, 4) is 0 Å². The lowest BCUT2D eigenvalue weighted by Crippen LogP contribution is -2.55. The van der Waals surface area contributed by atoms with Gasteiger partial charge < -0.3 is 5.11 Å². The quantitative estimate of drug-likeness (QED) is 0.735. The summed E-state index contributed by atoms with van der Waals surface area (Å²) < 4.78 is 0. The van der Waals surface area contributed by atoms with Crippen LogP contribution in [0.15, 0.2) is 0 Å². The lowest BCUT2D eigenvalue weighted by molar-refractivity contribution is -0.150. The van der Waals surface area contributed by atoms with Gasteiger partial charge in [-0.05, 0) is 106 Å². The van der Waals surface area contributed by atoms with Crippen LogP contribution in [0.1, 0.15) is 85.5 Å². The van der Waals surface area contributed by atoms with Gasteiger partial charge in [0.1, 0.15) is 5.78 Å². The summed E-state index contributed by atoms with van der Waals surface area (Å²) in [6.45, 7) is 8.85. The van der Waals surface area contributed by atoms with Crippen molar-refractivity contribution in [1.82, 2.24) is 0 Å². The molecule has 0 aromatic heterocycles. The van der Waals surface area contributed by atoms with Gasteiger partial charge in [-0.1, -0.05) is 13.8 Å². The van der Waals surface area contributed by atoms with E-state index in [1.807, 2.05) is 13.8 Å². The number of rotatable bonds is 1. The Labute approximate surface area is 147 Å². The Morgan fingerprint density at radius 3 is 2.29 bits per heavy atom. The fraction of sp³-hybridized carbons (Fsp3) is 0.955. The summed E-state index contributed by atoms with van der Waals surface area (Å²) in [5.41, 5.74) is 0.268. The Kier molecular flexibility index (Phi) is 3.78. The molecule has 1 N–H and O–H groups in total. The summed E-state index contributed by atoms with van der Waals surface area (Å²) in [7, 11) is 0. The van der Waals surface area contributed by atoms with Gasteiger partial charge in [-0.3, -0.25) is 4.79 Å². The van der Waals surface area contributed by atoms with E-state index in [1.54, 1.807) is 0 Å². The van der Waals surface area contributed by atoms with E-state index in [0.29, 0.717) is 23.0 Å². The van der Waals surface area contributed by atoms with Crippen LogP contribution in [0.4, 0.5) is 0 Å². The van der Waals surface area contributed by atoms with Crippen LogP contribution >= 0.6 is 0 Å². The summed E-state index contributed by atoms with van der Waals surface area (Å²) in [6.07, 6.45) is 10.8. The molecule has 0 radical (unpaired) electrons. The maximum absolute atomic E-state index is 12.2. The molecule has 8 atom stereocenters. The Morgan fingerprint density at radius 1 is 0.875 bits per heavy atom. The molecule has 4 aliphatic rings. The third-order valence-corrected chi connectivity index (χ3v) is 9.44. The zero-order valence-corrected chi connectivity index (χ0v) is 16.1. The van der Waals surface area contributed by atoms with Crippen molar-refractivity contribution in [3.05, 3.63) is 0 Å². The smallest absolute Gasteiger partial charge is 0.133 e. The second-order valence-electron chi connectivity index (χ2n) is 10.6. The minimum Gasteiger partial charge on any atom is -0.390 e. The standard InChI is InChI=1S/C22H36O2/c1-14(23)17-7-8-18-16-6-5-15-13-20(2,24)11-12-21(15,3)19(16)9-10-22(17,18)4/h15-19,24H,5-13H2,1-4H3/t15?,16-,17+,18-,19-,20?,21-,22+/m0/s1. The zero-order chi connectivity index (χ0) is 17.3. The molecular formula is C22H36O2. The second kappa shape index (κ2) is 5.32. The molecule has 4 aliphatic carbocycles. The highest BCUT2D eigenvalue weighted by atomic mass is 16.3. The van der Waals surface area contributed by atoms with Gasteiger partial charge in [0.2, 0.25) is 0 Å². The largest absolute Gasteiger partial charge is 0.390 e. The van der Waals surface area contributed by atoms with E-state index < -0.39 is 5.60 Å². The lowest BCUT2D eigenvalue weighted by atomic mass is 9.44. The minimum atomic E-state index is -0.437. The van der Waals surface area contributed by atoms with Crippen LogP contribution in [0.25, 0.3) is 0 Å². The van der Waals surface area contributed by atoms with Gasteiger partial charge >= 0.3 is 0 Å². The second-order valence-corrected chi connectivity index (χ2v) is 10.6. The van der Waals surface area contributed by atoms with Crippen LogP contribution in [-0.4, -0.2) is 16.5 Å². The molecule has 2 nitrogen and oxygen atoms in total. The molecule has 2 heteroatoms. The molecule has 4 saturated carbocycles. The van der Waals surface area contributed by atoms with Gasteiger partial charge in [0.25, 0.3) is 0 Å². The third kappa shape index (κ3) is 2.27. The molecule has 4 fully saturated rings. The number of ketones is 1. The fourth-order valence-corrected chi connectivity index (χ4v) is 8.10. The highest BCUT2D eigenvalue weighted by molar-refractivity contribution is 5.79. The number of carbonyl (C=O) groups excluding carboxylic acids is 1. The van der Waals surface area contributed by atoms with E-state index in [2.05, 4.69) is 13.8 Å². The van der Waals surface area contributed by atoms with Crippen LogP contribution in [0, 0.1) is 40.4 Å². The van der Waals surface area contributed by atoms with Crippen molar-refractivity contribution in [2.75, 3.05) is 0 Å². The number of aliphatic hydroxyl groups is 1. The molecular weight excluding hydrogens is 296 g/mol. The average molecular weight is 333 g/mol. The summed E-state index contributed by atoms with van der Waals surface area (Å²) in [6, 6.07) is 0. The van der Waals surface area contributed by atoms with Crippen molar-refractivity contribution in [2.45, 2.75) is 91.1 Å². The highest BCUT2D eigenvalue weighted by Crippen LogP contribution is 2.68. The Bertz CT molecular complexity index is 538. The molecule has 136 valence electrons. The maximum atomic E-state index is 12.2. The molecule has 4 rings (SSSR count). The molecule has 0 aromatic carbocycles. The van der Waals surface area contributed by atoms with Crippen LogP contribution in [0.3, 0.4) is 0 Å². The predicted octanol–water partition coefficient (Wildman–Crippen LogP) is 4.99. The SMILES string of the molecule is CC(=O)[C@H]1CC[C@H]2[C@@H]3CCC4CC(C)(O)CC[C@]4(C)[C@H]3CC[C@]12C. The number of fused-ring (bicyclic) bond motifs is 5. The summed E-state index contributed by atoms with van der Waals surface area (Å²) >= 11 is 0. The van der Waals surface area contributed by atoms with Gasteiger partial charge in [0.15, 0.2) is 0 Å². The van der Waals surface area contributed by atoms with Crippen LogP contribution in [0.5, 0.6) is 0 Å². The first kappa shape index (κ1) is 17.1. The number of Topliss-reactive ketones (excluding diaryl/α,β-unsaturated/α-hetero) is 1. The summed E-state index contributed by atoms with van der Waals surface area (Å²) in [5.74, 6) is 3.89. The van der Waals surface area contributed by atoms with E-state index in [-0.39, 0.29) is 5.41 Å². The maximum Gasteiger partial charge on any atom is 0.133 e. The van der Waals surface area contributed by atoms with Crippen molar-refractivity contribution < 1.29 is 9.90 Å². The van der Waals surface area contributed by atoms with Crippen molar-refractivity contribution in [2.24, 2.45) is 40.4 Å². The number of hydrogen-bond donors (Lipinski definition) is 1. The lowest BCUT2D eigenvalue weighted by Gasteiger charge is -2.61. The van der Waals surface area contributed by atoms with Crippen LogP contribution in [0.2, 0.25) is 0 Å². The fourth-order valence-electron chi connectivity index (χ4n) is 8.10. The first-order chi connectivity index (χ1) is 11.2. The molecule has 0 saturated heterocycles. The van der Waals surface area contributed by atoms with E-state index in [0.717, 1.165) is 37.0 Å². The molecule has 0 aromatic rings. The van der Waals surface area contributed by atoms with E-state index in [4.69, 9.17) is 0 Å². The minimum absolute atomic E-state index is 0.274. The van der Waals surface area contributed by atoms with Crippen molar-refractivity contribution in [1.29, 1.82) is 0 Å². The first-order valence-corrected chi connectivity index (χ1v) is 10.4. The molecule has 0 aliphatic heterocycles. The molecule has 24 heavy (non-hydrogen) atoms. The van der Waals surface area contributed by atoms with Gasteiger partial charge in [0, 0.05) is 5.92 Å². The highest BCUT2D eigenvalue weighted by Gasteiger charge is 2.61. The molecule has 0 heterocycles. The van der Waals surface area contributed by atoms with Crippen LogP contribution < -0.4 is 0 Å². The average Bonchev–Trinajstić information content (AvgIpc) is 2.85. The molecule has 0 spiro atoms. The zero-order valence-electron chi connectivity index (χ0n) is 16.1. The first-order valence-electron chi connectivity index (χ1n) is 10.4. The van der Waals surface area contributed by atoms with Gasteiger partial charge in [-0.15, -0.1) is 0 Å². The monoisotopic (exact) mass is 332 g/mol. The van der Waals surface area contributed by atoms with E-state index in [9.17, 15) is 9.90 Å². The Balaban J connectivity index is 1.61. The van der Waals surface area contributed by atoms with Crippen molar-refractivity contribution >= 4 is 5.78 Å². The molecule has 2 unspecified atom stereocenters. The van der Waals surface area contributed by atoms with Crippen LogP contribution in [-0.2, 0) is 4.79 Å².